The number of nitrogens with one attached hydrogen (secondary N) is 1. The molecule has 0 aromatic rings. The number of carboxylic acid groups (broad SMARTS) is 1. The molecule has 0 aromatic carbocycles. The van der Waals surface area contributed by atoms with Gasteiger partial charge in [0.05, 0.1) is 6.10 Å². The third-order valence-corrected chi connectivity index (χ3v) is 2.73. The normalized spacial score (nSPS) is 30.3. The molecule has 84 valence electrons. The van der Waals surface area contributed by atoms with Crippen molar-refractivity contribution in [2.75, 3.05) is 6.54 Å². The van der Waals surface area contributed by atoms with Gasteiger partial charge < -0.3 is 20.4 Å². The second-order valence-corrected chi connectivity index (χ2v) is 4.12. The molecule has 2 aliphatic rings. The lowest BCUT2D eigenvalue weighted by Crippen LogP contribution is -2.46. The van der Waals surface area contributed by atoms with E-state index in [4.69, 9.17) is 5.11 Å². The minimum absolute atomic E-state index is 0.107. The van der Waals surface area contributed by atoms with Crippen molar-refractivity contribution < 1.29 is 19.8 Å². The molecule has 0 unspecified atom stereocenters. The lowest BCUT2D eigenvalue weighted by atomic mass is 10.2. The zero-order chi connectivity index (χ0) is 11.0. The van der Waals surface area contributed by atoms with E-state index in [2.05, 4.69) is 5.32 Å². The molecule has 6 nitrogen and oxygen atoms in total. The molecule has 2 fully saturated rings. The molecular formula is C9H14N2O4. The number of urea groups is 1. The van der Waals surface area contributed by atoms with Crippen molar-refractivity contribution in [2.24, 2.45) is 0 Å². The van der Waals surface area contributed by atoms with Crippen LogP contribution in [0.15, 0.2) is 0 Å². The van der Waals surface area contributed by atoms with Gasteiger partial charge in [0.25, 0.3) is 0 Å². The summed E-state index contributed by atoms with van der Waals surface area (Å²) >= 11 is 0. The zero-order valence-corrected chi connectivity index (χ0v) is 8.22. The van der Waals surface area contributed by atoms with Gasteiger partial charge in [-0.15, -0.1) is 0 Å². The molecule has 2 rings (SSSR count). The number of amides is 2. The number of β-amino-alcohol motifs (C(OH)–C–C–N with tert-alkyl or cyclic N) is 1. The quantitative estimate of drug-likeness (QED) is 0.571. The average molecular weight is 214 g/mol. The van der Waals surface area contributed by atoms with E-state index in [1.165, 1.54) is 4.90 Å². The van der Waals surface area contributed by atoms with E-state index in [9.17, 15) is 14.7 Å². The van der Waals surface area contributed by atoms with Crippen molar-refractivity contribution in [3.63, 3.8) is 0 Å². The highest BCUT2D eigenvalue weighted by atomic mass is 16.4. The van der Waals surface area contributed by atoms with E-state index in [0.717, 1.165) is 12.8 Å². The lowest BCUT2D eigenvalue weighted by Gasteiger charge is -2.21. The smallest absolute Gasteiger partial charge is 0.326 e. The fraction of sp³-hybridized carbons (Fsp3) is 0.778. The van der Waals surface area contributed by atoms with Crippen LogP contribution in [-0.2, 0) is 4.79 Å². The Morgan fingerprint density at radius 1 is 1.33 bits per heavy atom. The van der Waals surface area contributed by atoms with Crippen LogP contribution in [0.5, 0.6) is 0 Å². The molecule has 1 saturated heterocycles. The topological polar surface area (TPSA) is 89.9 Å². The van der Waals surface area contributed by atoms with Crippen LogP contribution in [0.1, 0.15) is 19.3 Å². The summed E-state index contributed by atoms with van der Waals surface area (Å²) in [6.45, 7) is 0.107. The third kappa shape index (κ3) is 2.20. The third-order valence-electron chi connectivity index (χ3n) is 2.73. The van der Waals surface area contributed by atoms with E-state index >= 15 is 0 Å². The number of hydrogen-bond donors (Lipinski definition) is 3. The highest BCUT2D eigenvalue weighted by Crippen LogP contribution is 2.22. The van der Waals surface area contributed by atoms with Crippen LogP contribution in [0.25, 0.3) is 0 Å². The molecule has 0 radical (unpaired) electrons. The van der Waals surface area contributed by atoms with Crippen LogP contribution in [-0.4, -0.2) is 51.8 Å². The molecule has 1 heterocycles. The highest BCUT2D eigenvalue weighted by Gasteiger charge is 2.40. The number of hydrogen-bond acceptors (Lipinski definition) is 3. The molecule has 0 spiro atoms. The Balaban J connectivity index is 1.98. The van der Waals surface area contributed by atoms with Gasteiger partial charge in [-0.25, -0.2) is 9.59 Å². The van der Waals surface area contributed by atoms with Crippen LogP contribution in [0.4, 0.5) is 4.79 Å². The van der Waals surface area contributed by atoms with Gasteiger partial charge in [0.2, 0.25) is 0 Å². The number of carbonyl (C=O) groups excluding carboxylic acids is 1. The largest absolute Gasteiger partial charge is 0.480 e. The summed E-state index contributed by atoms with van der Waals surface area (Å²) in [5.74, 6) is -1.06. The molecule has 15 heavy (non-hydrogen) atoms. The summed E-state index contributed by atoms with van der Waals surface area (Å²) in [5, 5.41) is 20.9. The predicted octanol–water partition coefficient (Wildman–Crippen LogP) is -0.622. The van der Waals surface area contributed by atoms with Crippen molar-refractivity contribution in [3.05, 3.63) is 0 Å². The minimum atomic E-state index is -1.06. The van der Waals surface area contributed by atoms with Gasteiger partial charge in [0, 0.05) is 19.0 Å². The molecule has 1 saturated carbocycles. The second kappa shape index (κ2) is 3.69. The first-order valence-corrected chi connectivity index (χ1v) is 5.06. The van der Waals surface area contributed by atoms with Crippen molar-refractivity contribution >= 4 is 12.0 Å². The molecule has 0 aromatic heterocycles. The van der Waals surface area contributed by atoms with Crippen LogP contribution >= 0.6 is 0 Å². The first kappa shape index (κ1) is 10.2. The lowest BCUT2D eigenvalue weighted by molar-refractivity contribution is -0.141. The maximum absolute atomic E-state index is 11.6. The van der Waals surface area contributed by atoms with Crippen LogP contribution in [0.2, 0.25) is 0 Å². The minimum Gasteiger partial charge on any atom is -0.480 e. The van der Waals surface area contributed by atoms with Gasteiger partial charge in [0.15, 0.2) is 0 Å². The summed E-state index contributed by atoms with van der Waals surface area (Å²) in [6, 6.07) is -1.06. The van der Waals surface area contributed by atoms with Crippen LogP contribution in [0, 0.1) is 0 Å². The van der Waals surface area contributed by atoms with Crippen LogP contribution in [0.3, 0.4) is 0 Å². The number of carbonyl (C=O) groups is 2. The van der Waals surface area contributed by atoms with Gasteiger partial charge in [-0.2, -0.15) is 0 Å². The van der Waals surface area contributed by atoms with Gasteiger partial charge in [-0.05, 0) is 12.8 Å². The molecule has 2 amide bonds. The number of rotatable bonds is 2. The van der Waals surface area contributed by atoms with Crippen LogP contribution < -0.4 is 5.32 Å². The van der Waals surface area contributed by atoms with E-state index in [-0.39, 0.29) is 25.0 Å². The summed E-state index contributed by atoms with van der Waals surface area (Å²) < 4.78 is 0. The molecular weight excluding hydrogens is 200 g/mol. The molecule has 3 N–H and O–H groups in total. The van der Waals surface area contributed by atoms with Crippen molar-refractivity contribution in [3.8, 4) is 0 Å². The van der Waals surface area contributed by atoms with E-state index in [1.54, 1.807) is 0 Å². The Bertz CT molecular complexity index is 290. The standard InChI is InChI=1S/C9H14N2O4/c12-6-3-7(8(13)14)11(4-6)9(15)10-5-1-2-5/h5-7,12H,1-4H2,(H,10,15)(H,13,14)/t6-,7-/m1/s1. The second-order valence-electron chi connectivity index (χ2n) is 4.12. The number of carboxylic acids is 1. The van der Waals surface area contributed by atoms with Gasteiger partial charge in [-0.3, -0.25) is 0 Å². The fourth-order valence-corrected chi connectivity index (χ4v) is 1.76. The number of aliphatic hydroxyl groups is 1. The maximum Gasteiger partial charge on any atom is 0.326 e. The zero-order valence-electron chi connectivity index (χ0n) is 8.22. The Labute approximate surface area is 86.9 Å². The summed E-state index contributed by atoms with van der Waals surface area (Å²) in [7, 11) is 0. The molecule has 0 bridgehead atoms. The van der Waals surface area contributed by atoms with Gasteiger partial charge in [0.1, 0.15) is 6.04 Å². The number of aliphatic carboxylic acids is 1. The summed E-state index contributed by atoms with van der Waals surface area (Å²) in [5.41, 5.74) is 0. The number of aliphatic hydroxyl groups excluding tert-OH is 1. The van der Waals surface area contributed by atoms with Gasteiger partial charge in [-0.1, -0.05) is 0 Å². The van der Waals surface area contributed by atoms with Gasteiger partial charge >= 0.3 is 12.0 Å². The highest BCUT2D eigenvalue weighted by molar-refractivity contribution is 5.83. The molecule has 1 aliphatic carbocycles. The van der Waals surface area contributed by atoms with E-state index in [0.29, 0.717) is 0 Å². The molecule has 6 heteroatoms. The maximum atomic E-state index is 11.6. The first-order valence-electron chi connectivity index (χ1n) is 5.06. The Morgan fingerprint density at radius 2 is 2.00 bits per heavy atom. The predicted molar refractivity (Wildman–Crippen MR) is 50.3 cm³/mol. The molecule has 2 atom stereocenters. The first-order chi connectivity index (χ1) is 7.08. The fourth-order valence-electron chi connectivity index (χ4n) is 1.76. The average Bonchev–Trinajstić information content (AvgIpc) is 2.86. The van der Waals surface area contributed by atoms with E-state index in [1.807, 2.05) is 0 Å². The number of likely N-dealkylation sites (tertiary alicyclic amines) is 1. The van der Waals surface area contributed by atoms with Crippen molar-refractivity contribution in [1.29, 1.82) is 0 Å². The Hall–Kier alpha value is -1.30. The SMILES string of the molecule is O=C(O)[C@H]1C[C@@H](O)CN1C(=O)NC1CC1. The Kier molecular flexibility index (Phi) is 2.52. The molecule has 1 aliphatic heterocycles. The Morgan fingerprint density at radius 3 is 2.53 bits per heavy atom. The monoisotopic (exact) mass is 214 g/mol. The summed E-state index contributed by atoms with van der Waals surface area (Å²) in [6.07, 6.45) is 1.31. The van der Waals surface area contributed by atoms with E-state index < -0.39 is 18.1 Å². The van der Waals surface area contributed by atoms with Crippen molar-refractivity contribution in [1.82, 2.24) is 10.2 Å². The summed E-state index contributed by atoms with van der Waals surface area (Å²) in [4.78, 5) is 23.6. The number of nitrogens with zero attached hydrogens (tertiary/aromatic N) is 1. The van der Waals surface area contributed by atoms with Crippen molar-refractivity contribution in [2.45, 2.75) is 37.5 Å².